The molecule has 0 bridgehead atoms. The summed E-state index contributed by atoms with van der Waals surface area (Å²) < 4.78 is 0. The van der Waals surface area contributed by atoms with Crippen LogP contribution in [0.15, 0.2) is 76.7 Å². The van der Waals surface area contributed by atoms with E-state index < -0.39 is 0 Å². The minimum absolute atomic E-state index is 0.128. The molecule has 3 nitrogen and oxygen atoms in total. The fourth-order valence-electron chi connectivity index (χ4n) is 2.21. The topological polar surface area (TPSA) is 45.8 Å². The first-order chi connectivity index (χ1) is 10.7. The number of benzene rings is 2. The van der Waals surface area contributed by atoms with Crippen LogP contribution in [0.25, 0.3) is 11.3 Å². The van der Waals surface area contributed by atoms with Crippen molar-refractivity contribution in [3.8, 4) is 11.3 Å². The first-order valence-corrected chi connectivity index (χ1v) is 7.99. The molecular formula is C18H16N2OS. The molecule has 0 saturated carbocycles. The Bertz CT molecular complexity index is 800. The summed E-state index contributed by atoms with van der Waals surface area (Å²) in [5, 5.41) is 0.859. The van der Waals surface area contributed by atoms with Crippen molar-refractivity contribution < 1.29 is 0 Å². The summed E-state index contributed by atoms with van der Waals surface area (Å²) in [6, 6.07) is 21.5. The maximum Gasteiger partial charge on any atom is 0.252 e. The second-order valence-electron chi connectivity index (χ2n) is 4.97. The lowest BCUT2D eigenvalue weighted by atomic mass is 10.1. The van der Waals surface area contributed by atoms with E-state index in [1.807, 2.05) is 48.5 Å². The van der Waals surface area contributed by atoms with Crippen LogP contribution < -0.4 is 5.56 Å². The summed E-state index contributed by atoms with van der Waals surface area (Å²) in [6.07, 6.45) is 0. The Morgan fingerprint density at radius 2 is 1.64 bits per heavy atom. The van der Waals surface area contributed by atoms with Crippen LogP contribution >= 0.6 is 11.8 Å². The highest BCUT2D eigenvalue weighted by Crippen LogP contribution is 2.32. The molecule has 1 atom stereocenters. The number of nitrogens with zero attached hydrogens (tertiary/aromatic N) is 1. The number of hydrogen-bond donors (Lipinski definition) is 1. The van der Waals surface area contributed by atoms with Gasteiger partial charge in [-0.3, -0.25) is 4.79 Å². The van der Waals surface area contributed by atoms with Crippen molar-refractivity contribution in [2.24, 2.45) is 0 Å². The standard InChI is InChI=1S/C18H16N2OS/c1-13(14-8-4-2-5-9-14)22-18-19-16(12-17(21)20-18)15-10-6-3-7-11-15/h2-13H,1H3,(H,19,20,21)/t13-/m1/s1. The molecule has 3 rings (SSSR count). The third-order valence-corrected chi connectivity index (χ3v) is 4.39. The molecule has 1 heterocycles. The van der Waals surface area contributed by atoms with E-state index in [1.165, 1.54) is 11.6 Å². The van der Waals surface area contributed by atoms with Gasteiger partial charge in [0.15, 0.2) is 5.16 Å². The van der Waals surface area contributed by atoms with Crippen LogP contribution in [0.1, 0.15) is 17.7 Å². The minimum Gasteiger partial charge on any atom is -0.301 e. The van der Waals surface area contributed by atoms with E-state index >= 15 is 0 Å². The molecule has 110 valence electrons. The number of aromatic nitrogens is 2. The quantitative estimate of drug-likeness (QED) is 0.577. The molecule has 0 fully saturated rings. The van der Waals surface area contributed by atoms with Gasteiger partial charge in [-0.05, 0) is 12.5 Å². The number of thioether (sulfide) groups is 1. The molecule has 22 heavy (non-hydrogen) atoms. The summed E-state index contributed by atoms with van der Waals surface area (Å²) >= 11 is 1.55. The van der Waals surface area contributed by atoms with E-state index in [0.717, 1.165) is 5.56 Å². The SMILES string of the molecule is C[C@@H](Sc1nc(-c2ccccc2)cc(=O)[nH]1)c1ccccc1. The molecule has 0 aliphatic rings. The zero-order valence-electron chi connectivity index (χ0n) is 12.2. The highest BCUT2D eigenvalue weighted by atomic mass is 32.2. The predicted octanol–water partition coefficient (Wildman–Crippen LogP) is 4.29. The van der Waals surface area contributed by atoms with Gasteiger partial charge in [0.25, 0.3) is 5.56 Å². The van der Waals surface area contributed by atoms with Gasteiger partial charge in [0, 0.05) is 16.9 Å². The average molecular weight is 308 g/mol. The first-order valence-electron chi connectivity index (χ1n) is 7.11. The monoisotopic (exact) mass is 308 g/mol. The van der Waals surface area contributed by atoms with Gasteiger partial charge < -0.3 is 4.98 Å². The number of nitrogens with one attached hydrogen (secondary N) is 1. The van der Waals surface area contributed by atoms with Gasteiger partial charge in [-0.2, -0.15) is 0 Å². The lowest BCUT2D eigenvalue weighted by Crippen LogP contribution is -2.08. The third-order valence-electron chi connectivity index (χ3n) is 3.35. The fourth-order valence-corrected chi connectivity index (χ4v) is 3.15. The zero-order chi connectivity index (χ0) is 15.4. The van der Waals surface area contributed by atoms with Crippen LogP contribution in [-0.2, 0) is 0 Å². The second kappa shape index (κ2) is 6.62. The Morgan fingerprint density at radius 3 is 2.32 bits per heavy atom. The fraction of sp³-hybridized carbons (Fsp3) is 0.111. The zero-order valence-corrected chi connectivity index (χ0v) is 13.0. The molecule has 0 saturated heterocycles. The summed E-state index contributed by atoms with van der Waals surface area (Å²) in [7, 11) is 0. The Kier molecular flexibility index (Phi) is 4.39. The molecule has 0 radical (unpaired) electrons. The number of rotatable bonds is 4. The number of aromatic amines is 1. The van der Waals surface area contributed by atoms with Gasteiger partial charge in [0.2, 0.25) is 0 Å². The van der Waals surface area contributed by atoms with Crippen LogP contribution in [0.5, 0.6) is 0 Å². The van der Waals surface area contributed by atoms with Gasteiger partial charge in [0.05, 0.1) is 5.69 Å². The Labute approximate surface area is 133 Å². The number of H-pyrrole nitrogens is 1. The molecular weight excluding hydrogens is 292 g/mol. The number of hydrogen-bond acceptors (Lipinski definition) is 3. The maximum absolute atomic E-state index is 11.9. The van der Waals surface area contributed by atoms with E-state index in [-0.39, 0.29) is 10.8 Å². The lowest BCUT2D eigenvalue weighted by Gasteiger charge is -2.11. The highest BCUT2D eigenvalue weighted by molar-refractivity contribution is 7.99. The molecule has 3 aromatic rings. The normalized spacial score (nSPS) is 12.0. The summed E-state index contributed by atoms with van der Waals surface area (Å²) in [6.45, 7) is 2.11. The molecule has 2 aromatic carbocycles. The van der Waals surface area contributed by atoms with Crippen molar-refractivity contribution in [1.29, 1.82) is 0 Å². The summed E-state index contributed by atoms with van der Waals surface area (Å²) in [5.41, 5.74) is 2.73. The van der Waals surface area contributed by atoms with Crippen LogP contribution in [-0.4, -0.2) is 9.97 Å². The third kappa shape index (κ3) is 3.46. The van der Waals surface area contributed by atoms with Crippen LogP contribution in [0, 0.1) is 0 Å². The Balaban J connectivity index is 1.89. The van der Waals surface area contributed by atoms with Crippen molar-refractivity contribution in [3.63, 3.8) is 0 Å². The van der Waals surface area contributed by atoms with Crippen molar-refractivity contribution in [1.82, 2.24) is 9.97 Å². The van der Waals surface area contributed by atoms with E-state index in [4.69, 9.17) is 0 Å². The summed E-state index contributed by atoms with van der Waals surface area (Å²) in [5.74, 6) is 0. The molecule has 0 aliphatic heterocycles. The highest BCUT2D eigenvalue weighted by Gasteiger charge is 2.10. The van der Waals surface area contributed by atoms with Crippen LogP contribution in [0.4, 0.5) is 0 Å². The van der Waals surface area contributed by atoms with Crippen molar-refractivity contribution in [3.05, 3.63) is 82.6 Å². The Morgan fingerprint density at radius 1 is 1.00 bits per heavy atom. The van der Waals surface area contributed by atoms with Crippen LogP contribution in [0.3, 0.4) is 0 Å². The molecule has 1 N–H and O–H groups in total. The summed E-state index contributed by atoms with van der Waals surface area (Å²) in [4.78, 5) is 19.3. The van der Waals surface area contributed by atoms with Gasteiger partial charge in [-0.1, -0.05) is 72.4 Å². The maximum atomic E-state index is 11.9. The molecule has 0 spiro atoms. The van der Waals surface area contributed by atoms with Crippen molar-refractivity contribution in [2.45, 2.75) is 17.3 Å². The predicted molar refractivity (Wildman–Crippen MR) is 91.0 cm³/mol. The van der Waals surface area contributed by atoms with E-state index in [9.17, 15) is 4.79 Å². The lowest BCUT2D eigenvalue weighted by molar-refractivity contribution is 0.931. The molecule has 1 aromatic heterocycles. The largest absolute Gasteiger partial charge is 0.301 e. The van der Waals surface area contributed by atoms with Crippen molar-refractivity contribution in [2.75, 3.05) is 0 Å². The minimum atomic E-state index is -0.128. The van der Waals surface area contributed by atoms with E-state index in [1.54, 1.807) is 11.8 Å². The molecule has 4 heteroatoms. The van der Waals surface area contributed by atoms with E-state index in [2.05, 4.69) is 29.0 Å². The van der Waals surface area contributed by atoms with Gasteiger partial charge in [-0.15, -0.1) is 0 Å². The van der Waals surface area contributed by atoms with E-state index in [0.29, 0.717) is 10.9 Å². The second-order valence-corrected chi connectivity index (χ2v) is 6.30. The molecule has 0 amide bonds. The molecule has 0 aliphatic carbocycles. The van der Waals surface area contributed by atoms with Gasteiger partial charge in [0.1, 0.15) is 0 Å². The van der Waals surface area contributed by atoms with Crippen molar-refractivity contribution >= 4 is 11.8 Å². The first kappa shape index (κ1) is 14.6. The smallest absolute Gasteiger partial charge is 0.252 e. The molecule has 0 unspecified atom stereocenters. The Hall–Kier alpha value is -2.33. The van der Waals surface area contributed by atoms with Gasteiger partial charge >= 0.3 is 0 Å². The van der Waals surface area contributed by atoms with Crippen LogP contribution in [0.2, 0.25) is 0 Å². The van der Waals surface area contributed by atoms with Gasteiger partial charge in [-0.25, -0.2) is 4.98 Å². The average Bonchev–Trinajstić information content (AvgIpc) is 2.56.